The molecule has 5 rings (SSSR count). The average Bonchev–Trinajstić information content (AvgIpc) is 3.99. The molecule has 1 fully saturated rings. The van der Waals surface area contributed by atoms with Crippen molar-refractivity contribution in [3.05, 3.63) is 73.1 Å². The monoisotopic (exact) mass is 772 g/mol. The molecule has 4 aromatic rings. The van der Waals surface area contributed by atoms with Crippen molar-refractivity contribution < 1.29 is 38.1 Å². The molecular weight excluding hydrogens is 720 g/mol. The van der Waals surface area contributed by atoms with E-state index in [0.717, 1.165) is 33.8 Å². The Morgan fingerprint density at radius 2 is 1.73 bits per heavy atom. The lowest BCUT2D eigenvalue weighted by atomic mass is 9.95. The van der Waals surface area contributed by atoms with Gasteiger partial charge in [0, 0.05) is 63.6 Å². The highest BCUT2D eigenvalue weighted by Crippen LogP contribution is 2.36. The smallest absolute Gasteiger partial charge is 0.407 e. The number of aromatic nitrogens is 4. The molecule has 0 aliphatic carbocycles. The standard InChI is InChI=1S/C40H52N8O8/c1-24(2)36(46-37(49)32(15-17-53-4)45-40(52)55-6)48-21-34(43-23-48)30-18-27(12-13-29(30)26-10-8-7-9-11-26)33-19-42-35(44-33)28-14-16-47(20-28)38(50)31(22-54-5)25(3)56-39(41)51/h7-13,18-19,21,23-25,28,31-32,36H,14-17,20,22H2,1-6H3,(H2,41,51)(H,42,44)(H,45,52)(H,46,49)/t25?,28?,31?,32-,36-/m0/s1. The van der Waals surface area contributed by atoms with Crippen LogP contribution in [0, 0.1) is 11.8 Å². The van der Waals surface area contributed by atoms with Crippen molar-refractivity contribution >= 4 is 24.0 Å². The number of carbonyl (C=O) groups excluding carboxylic acids is 4. The number of methoxy groups -OCH3 is 3. The first-order valence-corrected chi connectivity index (χ1v) is 18.6. The number of nitrogens with one attached hydrogen (secondary N) is 3. The Hall–Kier alpha value is -5.74. The normalized spacial score (nSPS) is 16.2. The minimum atomic E-state index is -0.940. The zero-order valence-corrected chi connectivity index (χ0v) is 32.7. The Kier molecular flexibility index (Phi) is 14.2. The number of likely N-dealkylation sites (tertiary alicyclic amines) is 1. The third-order valence-electron chi connectivity index (χ3n) is 9.95. The lowest BCUT2D eigenvalue weighted by molar-refractivity contribution is -0.140. The molecule has 3 unspecified atom stereocenters. The van der Waals surface area contributed by atoms with E-state index in [2.05, 4.69) is 27.8 Å². The largest absolute Gasteiger partial charge is 0.453 e. The van der Waals surface area contributed by atoms with Gasteiger partial charge in [0.25, 0.3) is 0 Å². The van der Waals surface area contributed by atoms with Crippen LogP contribution < -0.4 is 16.4 Å². The van der Waals surface area contributed by atoms with Gasteiger partial charge in [-0.1, -0.05) is 56.3 Å². The third kappa shape index (κ3) is 10.1. The number of amides is 4. The highest BCUT2D eigenvalue weighted by Gasteiger charge is 2.36. The molecule has 2 aromatic carbocycles. The summed E-state index contributed by atoms with van der Waals surface area (Å²) < 4.78 is 22.1. The summed E-state index contributed by atoms with van der Waals surface area (Å²) in [4.78, 5) is 65.1. The third-order valence-corrected chi connectivity index (χ3v) is 9.95. The summed E-state index contributed by atoms with van der Waals surface area (Å²) in [5, 5.41) is 5.67. The summed E-state index contributed by atoms with van der Waals surface area (Å²) >= 11 is 0. The number of carbonyl (C=O) groups is 4. The maximum atomic E-state index is 13.5. The van der Waals surface area contributed by atoms with Crippen LogP contribution in [0.2, 0.25) is 0 Å². The number of benzene rings is 2. The van der Waals surface area contributed by atoms with Crippen LogP contribution in [0.25, 0.3) is 33.6 Å². The Labute approximate surface area is 326 Å². The van der Waals surface area contributed by atoms with E-state index in [1.165, 1.54) is 21.3 Å². The van der Waals surface area contributed by atoms with Crippen molar-refractivity contribution in [2.75, 3.05) is 47.6 Å². The summed E-state index contributed by atoms with van der Waals surface area (Å²) in [6, 6.07) is 15.3. The molecule has 1 aliphatic heterocycles. The first-order chi connectivity index (χ1) is 26.9. The summed E-state index contributed by atoms with van der Waals surface area (Å²) in [7, 11) is 4.27. The number of aromatic amines is 1. The highest BCUT2D eigenvalue weighted by atomic mass is 16.6. The number of ether oxygens (including phenoxy) is 4. The highest BCUT2D eigenvalue weighted by molar-refractivity contribution is 5.86. The van der Waals surface area contributed by atoms with E-state index < -0.39 is 36.4 Å². The van der Waals surface area contributed by atoms with E-state index in [9.17, 15) is 19.2 Å². The molecule has 0 radical (unpaired) electrons. The quantitative estimate of drug-likeness (QED) is 0.116. The Bertz CT molecular complexity index is 1950. The van der Waals surface area contributed by atoms with Crippen LogP contribution in [0.1, 0.15) is 51.5 Å². The van der Waals surface area contributed by atoms with E-state index in [1.54, 1.807) is 24.3 Å². The summed E-state index contributed by atoms with van der Waals surface area (Å²) in [5.74, 6) is -0.527. The molecule has 5 N–H and O–H groups in total. The van der Waals surface area contributed by atoms with E-state index in [0.29, 0.717) is 25.2 Å². The van der Waals surface area contributed by atoms with Crippen molar-refractivity contribution in [3.8, 4) is 33.6 Å². The van der Waals surface area contributed by atoms with Crippen molar-refractivity contribution in [2.24, 2.45) is 17.6 Å². The molecule has 5 atom stereocenters. The van der Waals surface area contributed by atoms with Gasteiger partial charge in [-0.2, -0.15) is 0 Å². The van der Waals surface area contributed by atoms with Gasteiger partial charge in [-0.3, -0.25) is 9.59 Å². The van der Waals surface area contributed by atoms with Crippen LogP contribution in [0.3, 0.4) is 0 Å². The second-order valence-corrected chi connectivity index (χ2v) is 14.2. The molecule has 16 heteroatoms. The van der Waals surface area contributed by atoms with E-state index in [-0.39, 0.29) is 43.3 Å². The minimum absolute atomic E-state index is 0.0258. The zero-order chi connectivity index (χ0) is 40.4. The molecule has 2 aromatic heterocycles. The fraction of sp³-hybridized carbons (Fsp3) is 0.450. The lowest BCUT2D eigenvalue weighted by Gasteiger charge is -2.26. The van der Waals surface area contributed by atoms with Gasteiger partial charge in [0.1, 0.15) is 24.1 Å². The van der Waals surface area contributed by atoms with Crippen molar-refractivity contribution in [2.45, 2.75) is 57.8 Å². The van der Waals surface area contributed by atoms with Crippen molar-refractivity contribution in [1.82, 2.24) is 35.1 Å². The van der Waals surface area contributed by atoms with Gasteiger partial charge < -0.3 is 49.8 Å². The fourth-order valence-electron chi connectivity index (χ4n) is 6.92. The van der Waals surface area contributed by atoms with Gasteiger partial charge in [0.05, 0.1) is 43.5 Å². The van der Waals surface area contributed by atoms with Gasteiger partial charge in [-0.25, -0.2) is 19.6 Å². The number of hydrogen-bond acceptors (Lipinski definition) is 10. The number of rotatable bonds is 17. The van der Waals surface area contributed by atoms with Crippen LogP contribution in [0.4, 0.5) is 9.59 Å². The predicted molar refractivity (Wildman–Crippen MR) is 208 cm³/mol. The van der Waals surface area contributed by atoms with Gasteiger partial charge in [-0.15, -0.1) is 0 Å². The van der Waals surface area contributed by atoms with Crippen LogP contribution in [0.5, 0.6) is 0 Å². The number of nitrogens with two attached hydrogens (primary N) is 1. The maximum absolute atomic E-state index is 13.5. The van der Waals surface area contributed by atoms with Crippen LogP contribution in [-0.2, 0) is 28.5 Å². The number of hydrogen-bond donors (Lipinski definition) is 4. The number of H-pyrrole nitrogens is 1. The Morgan fingerprint density at radius 1 is 0.964 bits per heavy atom. The van der Waals surface area contributed by atoms with E-state index >= 15 is 0 Å². The SMILES string of the molecule is COCC[C@H](NC(=O)OC)C(=O)N[C@H](C(C)C)n1cnc(-c2cc(-c3cnc(C4CCN(C(=O)C(COC)C(C)OC(N)=O)C4)[nH]3)ccc2-c2ccccc2)c1. The Balaban J connectivity index is 1.40. The molecule has 1 saturated heterocycles. The number of alkyl carbamates (subject to hydrolysis) is 1. The molecule has 56 heavy (non-hydrogen) atoms. The molecule has 1 aliphatic rings. The van der Waals surface area contributed by atoms with Crippen LogP contribution in [-0.4, -0.2) is 108 Å². The molecule has 0 saturated carbocycles. The first-order valence-electron chi connectivity index (χ1n) is 18.6. The molecule has 300 valence electrons. The summed E-state index contributed by atoms with van der Waals surface area (Å²) in [6.45, 7) is 6.95. The molecule has 16 nitrogen and oxygen atoms in total. The number of nitrogens with zero attached hydrogens (tertiary/aromatic N) is 4. The van der Waals surface area contributed by atoms with Crippen LogP contribution in [0.15, 0.2) is 67.3 Å². The van der Waals surface area contributed by atoms with Gasteiger partial charge in [0.15, 0.2) is 0 Å². The van der Waals surface area contributed by atoms with Gasteiger partial charge in [-0.05, 0) is 36.5 Å². The molecule has 0 spiro atoms. The fourth-order valence-corrected chi connectivity index (χ4v) is 6.92. The minimum Gasteiger partial charge on any atom is -0.453 e. The van der Waals surface area contributed by atoms with Crippen molar-refractivity contribution in [1.29, 1.82) is 0 Å². The van der Waals surface area contributed by atoms with Crippen molar-refractivity contribution in [3.63, 3.8) is 0 Å². The molecular formula is C40H52N8O8. The molecule has 3 heterocycles. The van der Waals surface area contributed by atoms with Gasteiger partial charge in [0.2, 0.25) is 11.8 Å². The topological polar surface area (TPSA) is 205 Å². The Morgan fingerprint density at radius 3 is 2.41 bits per heavy atom. The molecule has 0 bridgehead atoms. The van der Waals surface area contributed by atoms with E-state index in [1.807, 2.05) is 61.0 Å². The first kappa shape index (κ1) is 41.4. The second kappa shape index (κ2) is 19.2. The number of primary amides is 1. The maximum Gasteiger partial charge on any atom is 0.407 e. The average molecular weight is 773 g/mol. The second-order valence-electron chi connectivity index (χ2n) is 14.2. The summed E-state index contributed by atoms with van der Waals surface area (Å²) in [5.41, 5.74) is 10.4. The predicted octanol–water partition coefficient (Wildman–Crippen LogP) is 4.70. The zero-order valence-electron chi connectivity index (χ0n) is 32.7. The van der Waals surface area contributed by atoms with Crippen LogP contribution >= 0.6 is 0 Å². The lowest BCUT2D eigenvalue weighted by Crippen LogP contribution is -2.49. The van der Waals surface area contributed by atoms with Gasteiger partial charge >= 0.3 is 12.2 Å². The number of imidazole rings is 2. The molecule has 4 amide bonds. The summed E-state index contributed by atoms with van der Waals surface area (Å²) in [6.07, 6.45) is 3.50. The van der Waals surface area contributed by atoms with E-state index in [4.69, 9.17) is 34.6 Å².